The van der Waals surface area contributed by atoms with Gasteiger partial charge in [0.1, 0.15) is 5.69 Å². The molecule has 0 atom stereocenters. The number of anilines is 1. The molecule has 0 bridgehead atoms. The fourth-order valence-electron chi connectivity index (χ4n) is 1.99. The third kappa shape index (κ3) is 3.10. The van der Waals surface area contributed by atoms with Crippen molar-refractivity contribution in [1.82, 2.24) is 9.78 Å². The lowest BCUT2D eigenvalue weighted by atomic mass is 10.1. The van der Waals surface area contributed by atoms with Gasteiger partial charge >= 0.3 is 5.97 Å². The van der Waals surface area contributed by atoms with Crippen LogP contribution in [0.3, 0.4) is 0 Å². The fraction of sp³-hybridized carbons (Fsp3) is 0.267. The topological polar surface area (TPSA) is 84.2 Å². The van der Waals surface area contributed by atoms with Crippen molar-refractivity contribution in [2.24, 2.45) is 7.05 Å². The molecule has 0 radical (unpaired) electrons. The van der Waals surface area contributed by atoms with E-state index in [-0.39, 0.29) is 11.5 Å². The van der Waals surface area contributed by atoms with Crippen LogP contribution in [0.15, 0.2) is 24.3 Å². The number of nitrogens with one attached hydrogen (secondary N) is 1. The van der Waals surface area contributed by atoms with Crippen molar-refractivity contribution in [3.05, 3.63) is 46.8 Å². The lowest BCUT2D eigenvalue weighted by Crippen LogP contribution is -2.17. The predicted molar refractivity (Wildman–Crippen MR) is 78.7 cm³/mol. The predicted octanol–water partition coefficient (Wildman–Crippen LogP) is 2.24. The van der Waals surface area contributed by atoms with Crippen LogP contribution < -0.4 is 5.32 Å². The molecular formula is C15H17N3O3. The molecule has 0 saturated heterocycles. The highest BCUT2D eigenvalue weighted by Gasteiger charge is 2.15. The Morgan fingerprint density at radius 1 is 1.33 bits per heavy atom. The highest BCUT2D eigenvalue weighted by atomic mass is 16.4. The summed E-state index contributed by atoms with van der Waals surface area (Å²) in [5.74, 6) is -1.34. The van der Waals surface area contributed by atoms with Crippen molar-refractivity contribution in [1.29, 1.82) is 0 Å². The number of carboxylic acid groups (broad SMARTS) is 1. The van der Waals surface area contributed by atoms with Crippen LogP contribution in [0.2, 0.25) is 0 Å². The van der Waals surface area contributed by atoms with E-state index in [1.807, 2.05) is 13.8 Å². The van der Waals surface area contributed by atoms with Crippen molar-refractivity contribution in [3.8, 4) is 0 Å². The normalized spacial score (nSPS) is 10.4. The molecule has 6 nitrogen and oxygen atoms in total. The minimum atomic E-state index is -1.03. The molecule has 1 heterocycles. The van der Waals surface area contributed by atoms with Gasteiger partial charge < -0.3 is 10.4 Å². The number of rotatable bonds is 4. The smallest absolute Gasteiger partial charge is 0.335 e. The Labute approximate surface area is 122 Å². The SMILES string of the molecule is CCc1cc(C(=O)Nc2cc(C(=O)O)ccc2C)n(C)n1. The van der Waals surface area contributed by atoms with Gasteiger partial charge in [-0.3, -0.25) is 9.48 Å². The second kappa shape index (κ2) is 5.78. The van der Waals surface area contributed by atoms with Gasteiger partial charge in [-0.2, -0.15) is 5.10 Å². The van der Waals surface area contributed by atoms with E-state index in [1.54, 1.807) is 19.2 Å². The Morgan fingerprint density at radius 3 is 2.62 bits per heavy atom. The highest BCUT2D eigenvalue weighted by Crippen LogP contribution is 2.18. The Morgan fingerprint density at radius 2 is 2.05 bits per heavy atom. The highest BCUT2D eigenvalue weighted by molar-refractivity contribution is 6.04. The lowest BCUT2D eigenvalue weighted by Gasteiger charge is -2.09. The molecule has 21 heavy (non-hydrogen) atoms. The lowest BCUT2D eigenvalue weighted by molar-refractivity contribution is 0.0696. The quantitative estimate of drug-likeness (QED) is 0.903. The standard InChI is InChI=1S/C15H17N3O3/c1-4-11-8-13(18(3)17-11)14(19)16-12-7-10(15(20)21)6-5-9(12)2/h5-8H,4H2,1-3H3,(H,16,19)(H,20,21). The summed E-state index contributed by atoms with van der Waals surface area (Å²) < 4.78 is 1.52. The van der Waals surface area contributed by atoms with Crippen LogP contribution in [0.25, 0.3) is 0 Å². The van der Waals surface area contributed by atoms with E-state index < -0.39 is 5.97 Å². The van der Waals surface area contributed by atoms with E-state index in [0.717, 1.165) is 17.7 Å². The van der Waals surface area contributed by atoms with Crippen molar-refractivity contribution >= 4 is 17.6 Å². The second-order valence-corrected chi connectivity index (χ2v) is 4.79. The maximum Gasteiger partial charge on any atom is 0.335 e. The van der Waals surface area contributed by atoms with Gasteiger partial charge in [0.2, 0.25) is 0 Å². The number of hydrogen-bond acceptors (Lipinski definition) is 3. The average molecular weight is 287 g/mol. The molecule has 0 aliphatic rings. The molecule has 1 amide bonds. The molecular weight excluding hydrogens is 270 g/mol. The zero-order chi connectivity index (χ0) is 15.6. The molecule has 0 saturated carbocycles. The molecule has 6 heteroatoms. The zero-order valence-corrected chi connectivity index (χ0v) is 12.2. The van der Waals surface area contributed by atoms with Gasteiger partial charge in [0.15, 0.2) is 0 Å². The van der Waals surface area contributed by atoms with Crippen LogP contribution in [0.1, 0.15) is 39.0 Å². The Balaban J connectivity index is 2.28. The van der Waals surface area contributed by atoms with Crippen LogP contribution in [0, 0.1) is 6.92 Å². The van der Waals surface area contributed by atoms with E-state index in [9.17, 15) is 9.59 Å². The Hall–Kier alpha value is -2.63. The zero-order valence-electron chi connectivity index (χ0n) is 12.2. The summed E-state index contributed by atoms with van der Waals surface area (Å²) in [6.45, 7) is 3.77. The Kier molecular flexibility index (Phi) is 4.07. The number of nitrogens with zero attached hydrogens (tertiary/aromatic N) is 2. The minimum Gasteiger partial charge on any atom is -0.478 e. The fourth-order valence-corrected chi connectivity index (χ4v) is 1.99. The van der Waals surface area contributed by atoms with Crippen molar-refractivity contribution < 1.29 is 14.7 Å². The van der Waals surface area contributed by atoms with Crippen LogP contribution in [0.4, 0.5) is 5.69 Å². The summed E-state index contributed by atoms with van der Waals surface area (Å²) >= 11 is 0. The van der Waals surface area contributed by atoms with Gasteiger partial charge in [-0.25, -0.2) is 4.79 Å². The van der Waals surface area contributed by atoms with Crippen LogP contribution in [0.5, 0.6) is 0 Å². The number of benzene rings is 1. The maximum absolute atomic E-state index is 12.3. The first-order chi connectivity index (χ1) is 9.92. The molecule has 0 spiro atoms. The first-order valence-corrected chi connectivity index (χ1v) is 6.60. The van der Waals surface area contributed by atoms with E-state index in [2.05, 4.69) is 10.4 Å². The van der Waals surface area contributed by atoms with E-state index in [1.165, 1.54) is 16.8 Å². The van der Waals surface area contributed by atoms with Crippen LogP contribution in [-0.2, 0) is 13.5 Å². The van der Waals surface area contributed by atoms with Crippen molar-refractivity contribution in [3.63, 3.8) is 0 Å². The summed E-state index contributed by atoms with van der Waals surface area (Å²) in [5.41, 5.74) is 2.69. The second-order valence-electron chi connectivity index (χ2n) is 4.79. The Bertz CT molecular complexity index is 704. The van der Waals surface area contributed by atoms with Gasteiger partial charge in [0, 0.05) is 12.7 Å². The van der Waals surface area contributed by atoms with Gasteiger partial charge in [0.25, 0.3) is 5.91 Å². The number of aromatic nitrogens is 2. The number of aromatic carboxylic acids is 1. The molecule has 0 aliphatic heterocycles. The molecule has 0 fully saturated rings. The van der Waals surface area contributed by atoms with Gasteiger partial charge in [-0.1, -0.05) is 13.0 Å². The first kappa shape index (κ1) is 14.8. The summed E-state index contributed by atoms with van der Waals surface area (Å²) in [5, 5.41) is 16.0. The molecule has 2 rings (SSSR count). The van der Waals surface area contributed by atoms with E-state index in [0.29, 0.717) is 11.4 Å². The average Bonchev–Trinajstić information content (AvgIpc) is 2.82. The van der Waals surface area contributed by atoms with Gasteiger partial charge in [0.05, 0.1) is 11.3 Å². The van der Waals surface area contributed by atoms with Gasteiger partial charge in [-0.15, -0.1) is 0 Å². The third-order valence-corrected chi connectivity index (χ3v) is 3.26. The number of carbonyl (C=O) groups excluding carboxylic acids is 1. The molecule has 0 aliphatic carbocycles. The molecule has 110 valence electrons. The number of carboxylic acids is 1. The third-order valence-electron chi connectivity index (χ3n) is 3.26. The van der Waals surface area contributed by atoms with Gasteiger partial charge in [-0.05, 0) is 37.1 Å². The van der Waals surface area contributed by atoms with Crippen molar-refractivity contribution in [2.75, 3.05) is 5.32 Å². The minimum absolute atomic E-state index is 0.134. The number of aryl methyl sites for hydroxylation is 3. The molecule has 1 aromatic heterocycles. The number of amides is 1. The summed E-state index contributed by atoms with van der Waals surface area (Å²) in [6.07, 6.45) is 0.745. The van der Waals surface area contributed by atoms with E-state index in [4.69, 9.17) is 5.11 Å². The maximum atomic E-state index is 12.3. The summed E-state index contributed by atoms with van der Waals surface area (Å²) in [7, 11) is 1.70. The molecule has 2 N–H and O–H groups in total. The van der Waals surface area contributed by atoms with E-state index >= 15 is 0 Å². The molecule has 0 unspecified atom stereocenters. The van der Waals surface area contributed by atoms with Crippen LogP contribution >= 0.6 is 0 Å². The monoisotopic (exact) mass is 287 g/mol. The molecule has 2 aromatic rings. The van der Waals surface area contributed by atoms with Crippen molar-refractivity contribution in [2.45, 2.75) is 20.3 Å². The van der Waals surface area contributed by atoms with Crippen LogP contribution in [-0.4, -0.2) is 26.8 Å². The summed E-state index contributed by atoms with van der Waals surface area (Å²) in [6, 6.07) is 6.35. The number of hydrogen-bond donors (Lipinski definition) is 2. The molecule has 1 aromatic carbocycles. The first-order valence-electron chi connectivity index (χ1n) is 6.60. The number of carbonyl (C=O) groups is 2. The largest absolute Gasteiger partial charge is 0.478 e. The summed E-state index contributed by atoms with van der Waals surface area (Å²) in [4.78, 5) is 23.3.